The topological polar surface area (TPSA) is 20.1 Å². The second-order valence-corrected chi connectivity index (χ2v) is 6.38. The van der Waals surface area contributed by atoms with Gasteiger partial charge >= 0.3 is 0 Å². The van der Waals surface area contributed by atoms with Crippen LogP contribution < -0.4 is 0 Å². The van der Waals surface area contributed by atoms with Crippen molar-refractivity contribution in [1.82, 2.24) is 0 Å². The molecule has 0 bridgehead atoms. The van der Waals surface area contributed by atoms with Gasteiger partial charge in [-0.2, -0.15) is 4.58 Å². The Kier molecular flexibility index (Phi) is 3.48. The molecular formula is C20H22NO+. The summed E-state index contributed by atoms with van der Waals surface area (Å²) in [5, 5.41) is 0. The molecular weight excluding hydrogens is 270 g/mol. The summed E-state index contributed by atoms with van der Waals surface area (Å²) in [6, 6.07) is 15.6. The van der Waals surface area contributed by atoms with E-state index in [0.717, 1.165) is 17.7 Å². The Morgan fingerprint density at radius 2 is 1.73 bits per heavy atom. The minimum absolute atomic E-state index is 0.0294. The number of carbonyl (C=O) groups excluding carboxylic acids is 1. The van der Waals surface area contributed by atoms with Gasteiger partial charge in [0.1, 0.15) is 6.54 Å². The molecule has 0 atom stereocenters. The van der Waals surface area contributed by atoms with Crippen molar-refractivity contribution in [2.75, 3.05) is 6.54 Å². The lowest BCUT2D eigenvalue weighted by Crippen LogP contribution is -2.26. The van der Waals surface area contributed by atoms with Crippen LogP contribution in [0.5, 0.6) is 0 Å². The van der Waals surface area contributed by atoms with Crippen LogP contribution in [-0.2, 0) is 5.41 Å². The van der Waals surface area contributed by atoms with Crippen LogP contribution >= 0.6 is 0 Å². The molecule has 1 aliphatic heterocycles. The Morgan fingerprint density at radius 1 is 1.05 bits per heavy atom. The van der Waals surface area contributed by atoms with E-state index in [0.29, 0.717) is 0 Å². The van der Waals surface area contributed by atoms with Crippen LogP contribution in [0.25, 0.3) is 0 Å². The van der Waals surface area contributed by atoms with Crippen molar-refractivity contribution in [2.24, 2.45) is 0 Å². The number of rotatable bonds is 3. The molecule has 0 radical (unpaired) electrons. The quantitative estimate of drug-likeness (QED) is 0.609. The van der Waals surface area contributed by atoms with Gasteiger partial charge in [0.25, 0.3) is 0 Å². The van der Waals surface area contributed by atoms with Gasteiger partial charge in [-0.15, -0.1) is 0 Å². The first-order valence-corrected chi connectivity index (χ1v) is 7.82. The van der Waals surface area contributed by atoms with Gasteiger partial charge < -0.3 is 0 Å². The summed E-state index contributed by atoms with van der Waals surface area (Å²) >= 11 is 0. The van der Waals surface area contributed by atoms with E-state index in [2.05, 4.69) is 44.4 Å². The molecule has 3 rings (SSSR count). The molecule has 22 heavy (non-hydrogen) atoms. The summed E-state index contributed by atoms with van der Waals surface area (Å²) in [6.45, 7) is 9.76. The normalized spacial score (nSPS) is 15.8. The first kappa shape index (κ1) is 14.7. The largest absolute Gasteiger partial charge is 0.289 e. The Hall–Kier alpha value is -2.22. The van der Waals surface area contributed by atoms with Crippen molar-refractivity contribution in [2.45, 2.75) is 33.1 Å². The van der Waals surface area contributed by atoms with Crippen molar-refractivity contribution < 1.29 is 9.37 Å². The van der Waals surface area contributed by atoms with Crippen LogP contribution in [-0.4, -0.2) is 22.6 Å². The number of fused-ring (bicyclic) bond motifs is 1. The van der Waals surface area contributed by atoms with Gasteiger partial charge in [0, 0.05) is 29.7 Å². The van der Waals surface area contributed by atoms with Gasteiger partial charge in [-0.25, -0.2) is 0 Å². The molecule has 0 fully saturated rings. The molecule has 0 unspecified atom stereocenters. The van der Waals surface area contributed by atoms with E-state index in [1.54, 1.807) is 0 Å². The third kappa shape index (κ3) is 2.10. The highest BCUT2D eigenvalue weighted by Crippen LogP contribution is 2.40. The lowest BCUT2D eigenvalue weighted by Gasteiger charge is -2.15. The van der Waals surface area contributed by atoms with Crippen LogP contribution in [0.15, 0.2) is 48.5 Å². The Morgan fingerprint density at radius 3 is 2.36 bits per heavy atom. The van der Waals surface area contributed by atoms with Crippen LogP contribution in [0, 0.1) is 0 Å². The van der Waals surface area contributed by atoms with Crippen LogP contribution in [0.3, 0.4) is 0 Å². The Balaban J connectivity index is 2.08. The monoisotopic (exact) mass is 292 g/mol. The highest BCUT2D eigenvalue weighted by atomic mass is 16.1. The number of hydrogen-bond donors (Lipinski definition) is 0. The second-order valence-electron chi connectivity index (χ2n) is 6.38. The molecule has 0 saturated carbocycles. The zero-order valence-electron chi connectivity index (χ0n) is 13.7. The number of ketones is 1. The molecule has 0 N–H and O–H groups in total. The Labute approximate surface area is 132 Å². The molecule has 2 aromatic rings. The maximum atomic E-state index is 12.7. The highest BCUT2D eigenvalue weighted by molar-refractivity contribution is 6.09. The lowest BCUT2D eigenvalue weighted by atomic mass is 9.81. The molecule has 0 aliphatic carbocycles. The van der Waals surface area contributed by atoms with E-state index in [1.165, 1.54) is 17.0 Å². The second kappa shape index (κ2) is 5.20. The molecule has 1 heterocycles. The first-order chi connectivity index (χ1) is 10.5. The maximum Gasteiger partial charge on any atom is 0.209 e. The third-order valence-corrected chi connectivity index (χ3v) is 4.88. The van der Waals surface area contributed by atoms with E-state index >= 15 is 0 Å². The SMILES string of the molecule is CC[N+]1=C(C)C(C)(C)c2cc(C(=O)c3ccccc3)ccc21. The summed E-state index contributed by atoms with van der Waals surface area (Å²) in [7, 11) is 0. The van der Waals surface area contributed by atoms with Gasteiger partial charge in [0.15, 0.2) is 11.5 Å². The number of benzene rings is 2. The average molecular weight is 292 g/mol. The van der Waals surface area contributed by atoms with E-state index in [1.807, 2.05) is 36.4 Å². The molecule has 2 nitrogen and oxygen atoms in total. The predicted octanol–water partition coefficient (Wildman–Crippen LogP) is 4.33. The van der Waals surface area contributed by atoms with Gasteiger partial charge in [-0.3, -0.25) is 4.79 Å². The van der Waals surface area contributed by atoms with E-state index in [-0.39, 0.29) is 11.2 Å². The van der Waals surface area contributed by atoms with Crippen LogP contribution in [0.1, 0.15) is 49.2 Å². The lowest BCUT2D eigenvalue weighted by molar-refractivity contribution is -0.434. The molecule has 0 saturated heterocycles. The highest BCUT2D eigenvalue weighted by Gasteiger charge is 2.42. The molecule has 0 aromatic heterocycles. The zero-order valence-corrected chi connectivity index (χ0v) is 13.7. The summed E-state index contributed by atoms with van der Waals surface area (Å²) < 4.78 is 2.34. The summed E-state index contributed by atoms with van der Waals surface area (Å²) in [5.41, 5.74) is 5.30. The van der Waals surface area contributed by atoms with Crippen molar-refractivity contribution >= 4 is 17.2 Å². The van der Waals surface area contributed by atoms with Crippen molar-refractivity contribution in [3.63, 3.8) is 0 Å². The number of nitrogens with zero attached hydrogens (tertiary/aromatic N) is 1. The molecule has 0 spiro atoms. The van der Waals surface area contributed by atoms with E-state index < -0.39 is 0 Å². The fraction of sp³-hybridized carbons (Fsp3) is 0.300. The third-order valence-electron chi connectivity index (χ3n) is 4.88. The van der Waals surface area contributed by atoms with Gasteiger partial charge in [0.2, 0.25) is 5.69 Å². The molecule has 2 heteroatoms. The number of carbonyl (C=O) groups is 1. The first-order valence-electron chi connectivity index (χ1n) is 7.82. The minimum Gasteiger partial charge on any atom is -0.289 e. The molecule has 2 aromatic carbocycles. The summed E-state index contributed by atoms with van der Waals surface area (Å²) in [5.74, 6) is 0.0896. The summed E-state index contributed by atoms with van der Waals surface area (Å²) in [6.07, 6.45) is 0. The smallest absolute Gasteiger partial charge is 0.209 e. The maximum absolute atomic E-state index is 12.7. The minimum atomic E-state index is -0.0294. The fourth-order valence-corrected chi connectivity index (χ4v) is 3.29. The van der Waals surface area contributed by atoms with Crippen molar-refractivity contribution in [3.8, 4) is 0 Å². The van der Waals surface area contributed by atoms with E-state index in [4.69, 9.17) is 0 Å². The Bertz CT molecular complexity index is 770. The zero-order chi connectivity index (χ0) is 15.9. The predicted molar refractivity (Wildman–Crippen MR) is 90.5 cm³/mol. The van der Waals surface area contributed by atoms with E-state index in [9.17, 15) is 4.79 Å². The molecule has 0 amide bonds. The van der Waals surface area contributed by atoms with Gasteiger partial charge in [0.05, 0.1) is 5.41 Å². The number of hydrogen-bond acceptors (Lipinski definition) is 1. The van der Waals surface area contributed by atoms with Gasteiger partial charge in [-0.1, -0.05) is 30.3 Å². The van der Waals surface area contributed by atoms with Crippen molar-refractivity contribution in [1.29, 1.82) is 0 Å². The standard InChI is InChI=1S/C20H22NO/c1-5-21-14(2)20(3,4)17-13-16(11-12-18(17)21)19(22)15-9-7-6-8-10-15/h6-13H,5H2,1-4H3/q+1. The van der Waals surface area contributed by atoms with Crippen molar-refractivity contribution in [3.05, 3.63) is 65.2 Å². The molecule has 112 valence electrons. The van der Waals surface area contributed by atoms with Crippen LogP contribution in [0.2, 0.25) is 0 Å². The van der Waals surface area contributed by atoms with Crippen LogP contribution in [0.4, 0.5) is 5.69 Å². The molecule has 1 aliphatic rings. The average Bonchev–Trinajstić information content (AvgIpc) is 2.74. The summed E-state index contributed by atoms with van der Waals surface area (Å²) in [4.78, 5) is 12.7. The fourth-order valence-electron chi connectivity index (χ4n) is 3.29. The van der Waals surface area contributed by atoms with Gasteiger partial charge in [-0.05, 0) is 32.9 Å².